The molecule has 4 nitrogen and oxygen atoms in total. The summed E-state index contributed by atoms with van der Waals surface area (Å²) < 4.78 is 0. The monoisotopic (exact) mass is 222 g/mol. The van der Waals surface area contributed by atoms with E-state index < -0.39 is 0 Å². The molecule has 0 spiro atoms. The number of nitrogens with two attached hydrogens (primary N) is 1. The van der Waals surface area contributed by atoms with Crippen LogP contribution in [0.1, 0.15) is 33.0 Å². The van der Waals surface area contributed by atoms with E-state index in [1.54, 1.807) is 0 Å². The fraction of sp³-hybridized carbons (Fsp3) is 0.667. The Kier molecular flexibility index (Phi) is 4.52. The molecule has 90 valence electrons. The molecular formula is C12H22N4. The highest BCUT2D eigenvalue weighted by Crippen LogP contribution is 2.14. The highest BCUT2D eigenvalue weighted by molar-refractivity contribution is 5.46. The van der Waals surface area contributed by atoms with Gasteiger partial charge in [-0.1, -0.05) is 20.8 Å². The molecule has 0 unspecified atom stereocenters. The molecule has 4 heteroatoms. The van der Waals surface area contributed by atoms with Crippen LogP contribution in [0.2, 0.25) is 0 Å². The van der Waals surface area contributed by atoms with Crippen LogP contribution in [0.3, 0.4) is 0 Å². The highest BCUT2D eigenvalue weighted by Gasteiger charge is 2.06. The summed E-state index contributed by atoms with van der Waals surface area (Å²) in [6.45, 7) is 7.48. The molecule has 1 rings (SSSR count). The Morgan fingerprint density at radius 1 is 1.38 bits per heavy atom. The Balaban J connectivity index is 2.74. The summed E-state index contributed by atoms with van der Waals surface area (Å²) >= 11 is 0. The van der Waals surface area contributed by atoms with Crippen molar-refractivity contribution in [3.05, 3.63) is 11.9 Å². The first-order valence-corrected chi connectivity index (χ1v) is 5.87. The van der Waals surface area contributed by atoms with Gasteiger partial charge in [0.15, 0.2) is 0 Å². The van der Waals surface area contributed by atoms with Crippen LogP contribution in [0.4, 0.5) is 11.6 Å². The Hall–Kier alpha value is -1.32. The number of hydrogen-bond acceptors (Lipinski definition) is 4. The minimum absolute atomic E-state index is 0.554. The predicted octanol–water partition coefficient (Wildman–Crippen LogP) is 2.10. The SMILES string of the molecule is CCc1nc(N)cc(N(C)CCC(C)C)n1. The Labute approximate surface area is 97.9 Å². The molecule has 0 saturated heterocycles. The van der Waals surface area contributed by atoms with E-state index >= 15 is 0 Å². The molecule has 0 aromatic carbocycles. The van der Waals surface area contributed by atoms with Gasteiger partial charge >= 0.3 is 0 Å². The summed E-state index contributed by atoms with van der Waals surface area (Å²) in [6, 6.07) is 1.83. The zero-order valence-electron chi connectivity index (χ0n) is 10.7. The second kappa shape index (κ2) is 5.68. The van der Waals surface area contributed by atoms with Gasteiger partial charge < -0.3 is 10.6 Å². The number of aryl methyl sites for hydroxylation is 1. The maximum absolute atomic E-state index is 5.75. The lowest BCUT2D eigenvalue weighted by molar-refractivity contribution is 0.583. The standard InChI is InChI=1S/C12H22N4/c1-5-11-14-10(13)8-12(15-11)16(4)7-6-9(2)3/h8-9H,5-7H2,1-4H3,(H2,13,14,15). The number of hydrogen-bond donors (Lipinski definition) is 1. The fourth-order valence-corrected chi connectivity index (χ4v) is 1.42. The predicted molar refractivity (Wildman–Crippen MR) is 68.5 cm³/mol. The van der Waals surface area contributed by atoms with Crippen molar-refractivity contribution in [3.8, 4) is 0 Å². The van der Waals surface area contributed by atoms with Crippen LogP contribution in [-0.2, 0) is 6.42 Å². The van der Waals surface area contributed by atoms with E-state index in [-0.39, 0.29) is 0 Å². The second-order valence-corrected chi connectivity index (χ2v) is 4.52. The lowest BCUT2D eigenvalue weighted by Crippen LogP contribution is -2.22. The van der Waals surface area contributed by atoms with Crippen molar-refractivity contribution in [2.24, 2.45) is 5.92 Å². The van der Waals surface area contributed by atoms with Crippen molar-refractivity contribution in [2.75, 3.05) is 24.2 Å². The molecule has 16 heavy (non-hydrogen) atoms. The first kappa shape index (κ1) is 12.7. The molecule has 0 amide bonds. The van der Waals surface area contributed by atoms with E-state index in [1.165, 1.54) is 0 Å². The first-order chi connectivity index (χ1) is 7.52. The molecule has 0 aliphatic carbocycles. The van der Waals surface area contributed by atoms with Crippen molar-refractivity contribution in [3.63, 3.8) is 0 Å². The summed E-state index contributed by atoms with van der Waals surface area (Å²) in [4.78, 5) is 10.8. The van der Waals surface area contributed by atoms with Crippen molar-refractivity contribution < 1.29 is 0 Å². The molecular weight excluding hydrogens is 200 g/mol. The van der Waals surface area contributed by atoms with E-state index in [0.29, 0.717) is 11.7 Å². The molecule has 2 N–H and O–H groups in total. The highest BCUT2D eigenvalue weighted by atomic mass is 15.2. The lowest BCUT2D eigenvalue weighted by Gasteiger charge is -2.19. The first-order valence-electron chi connectivity index (χ1n) is 5.87. The quantitative estimate of drug-likeness (QED) is 0.829. The summed E-state index contributed by atoms with van der Waals surface area (Å²) in [6.07, 6.45) is 1.97. The molecule has 0 aliphatic heterocycles. The van der Waals surface area contributed by atoms with Gasteiger partial charge in [-0.3, -0.25) is 0 Å². The van der Waals surface area contributed by atoms with E-state index in [2.05, 4.69) is 28.7 Å². The topological polar surface area (TPSA) is 55.0 Å². The van der Waals surface area contributed by atoms with E-state index in [9.17, 15) is 0 Å². The zero-order chi connectivity index (χ0) is 12.1. The van der Waals surface area contributed by atoms with Crippen LogP contribution >= 0.6 is 0 Å². The third-order valence-electron chi connectivity index (χ3n) is 2.53. The molecule has 1 heterocycles. The van der Waals surface area contributed by atoms with Gasteiger partial charge in [0, 0.05) is 26.1 Å². The van der Waals surface area contributed by atoms with Crippen LogP contribution in [0, 0.1) is 5.92 Å². The third kappa shape index (κ3) is 3.68. The average molecular weight is 222 g/mol. The van der Waals surface area contributed by atoms with Gasteiger partial charge in [-0.25, -0.2) is 9.97 Å². The largest absolute Gasteiger partial charge is 0.384 e. The van der Waals surface area contributed by atoms with Crippen molar-refractivity contribution in [1.29, 1.82) is 0 Å². The van der Waals surface area contributed by atoms with E-state index in [1.807, 2.05) is 20.0 Å². The zero-order valence-corrected chi connectivity index (χ0v) is 10.7. The van der Waals surface area contributed by atoms with E-state index in [4.69, 9.17) is 5.73 Å². The summed E-state index contributed by atoms with van der Waals surface area (Å²) in [5, 5.41) is 0. The van der Waals surface area contributed by atoms with Crippen molar-refractivity contribution in [2.45, 2.75) is 33.6 Å². The number of nitrogen functional groups attached to an aromatic ring is 1. The second-order valence-electron chi connectivity index (χ2n) is 4.52. The van der Waals surface area contributed by atoms with Gasteiger partial charge in [-0.05, 0) is 12.3 Å². The molecule has 1 aromatic rings. The van der Waals surface area contributed by atoms with Gasteiger partial charge in [0.1, 0.15) is 17.5 Å². The Morgan fingerprint density at radius 2 is 2.06 bits per heavy atom. The summed E-state index contributed by atoms with van der Waals surface area (Å²) in [5.41, 5.74) is 5.75. The molecule has 0 aliphatic rings. The Bertz CT molecular complexity index is 336. The lowest BCUT2D eigenvalue weighted by atomic mass is 10.1. The van der Waals surface area contributed by atoms with E-state index in [0.717, 1.165) is 31.0 Å². The number of nitrogens with zero attached hydrogens (tertiary/aromatic N) is 3. The summed E-state index contributed by atoms with van der Waals surface area (Å²) in [5.74, 6) is 2.99. The van der Waals surface area contributed by atoms with Gasteiger partial charge in [0.2, 0.25) is 0 Å². The summed E-state index contributed by atoms with van der Waals surface area (Å²) in [7, 11) is 2.05. The molecule has 0 bridgehead atoms. The van der Waals surface area contributed by atoms with Gasteiger partial charge in [-0.2, -0.15) is 0 Å². The maximum Gasteiger partial charge on any atom is 0.134 e. The van der Waals surface area contributed by atoms with Crippen LogP contribution in [0.5, 0.6) is 0 Å². The van der Waals surface area contributed by atoms with Crippen LogP contribution in [0.15, 0.2) is 6.07 Å². The third-order valence-corrected chi connectivity index (χ3v) is 2.53. The van der Waals surface area contributed by atoms with Gasteiger partial charge in [0.25, 0.3) is 0 Å². The minimum atomic E-state index is 0.554. The van der Waals surface area contributed by atoms with Crippen molar-refractivity contribution >= 4 is 11.6 Å². The molecule has 0 fully saturated rings. The molecule has 1 aromatic heterocycles. The molecule has 0 radical (unpaired) electrons. The average Bonchev–Trinajstić information content (AvgIpc) is 2.24. The fourth-order valence-electron chi connectivity index (χ4n) is 1.42. The number of anilines is 2. The smallest absolute Gasteiger partial charge is 0.134 e. The van der Waals surface area contributed by atoms with Gasteiger partial charge in [0.05, 0.1) is 0 Å². The number of aromatic nitrogens is 2. The van der Waals surface area contributed by atoms with Crippen LogP contribution < -0.4 is 10.6 Å². The van der Waals surface area contributed by atoms with Gasteiger partial charge in [-0.15, -0.1) is 0 Å². The van der Waals surface area contributed by atoms with Crippen LogP contribution in [-0.4, -0.2) is 23.6 Å². The molecule has 0 atom stereocenters. The maximum atomic E-state index is 5.75. The normalized spacial score (nSPS) is 10.8. The Morgan fingerprint density at radius 3 is 2.62 bits per heavy atom. The minimum Gasteiger partial charge on any atom is -0.384 e. The van der Waals surface area contributed by atoms with Crippen LogP contribution in [0.25, 0.3) is 0 Å². The number of rotatable bonds is 5. The molecule has 0 saturated carbocycles. The van der Waals surface area contributed by atoms with Crippen molar-refractivity contribution in [1.82, 2.24) is 9.97 Å².